The predicted octanol–water partition coefficient (Wildman–Crippen LogP) is 4.13. The van der Waals surface area contributed by atoms with Gasteiger partial charge in [-0.2, -0.15) is 0 Å². The van der Waals surface area contributed by atoms with Crippen molar-refractivity contribution in [1.29, 1.82) is 0 Å². The molecule has 0 atom stereocenters. The van der Waals surface area contributed by atoms with E-state index in [4.69, 9.17) is 14.1 Å². The van der Waals surface area contributed by atoms with E-state index in [0.29, 0.717) is 47.6 Å². The molecule has 2 aromatic carbocycles. The summed E-state index contributed by atoms with van der Waals surface area (Å²) in [6, 6.07) is 16.8. The minimum absolute atomic E-state index is 0. The number of carbonyl (C=O) groups is 1. The van der Waals surface area contributed by atoms with E-state index in [-0.39, 0.29) is 7.33 Å². The van der Waals surface area contributed by atoms with E-state index in [0.717, 1.165) is 11.1 Å². The van der Waals surface area contributed by atoms with Crippen molar-refractivity contribution in [3.05, 3.63) is 72.1 Å². The number of carbonyl (C=O) groups excluding carboxylic acids is 1. The zero-order chi connectivity index (χ0) is 22.5. The number of aryl methyl sites for hydroxylation is 1. The van der Waals surface area contributed by atoms with Gasteiger partial charge in [0.15, 0.2) is 0 Å². The molecular formula is C24H25N5O3. The molecule has 8 heteroatoms. The van der Waals surface area contributed by atoms with Crippen molar-refractivity contribution in [2.24, 2.45) is 0 Å². The van der Waals surface area contributed by atoms with Crippen molar-refractivity contribution in [2.45, 2.75) is 6.92 Å². The maximum atomic E-state index is 12.5. The second-order valence-corrected chi connectivity index (χ2v) is 7.26. The maximum Gasteiger partial charge on any atom is 0.268 e. The summed E-state index contributed by atoms with van der Waals surface area (Å²) in [5, 5.41) is 8.30. The molecule has 0 radical (unpaired) electrons. The second kappa shape index (κ2) is 9.49. The van der Waals surface area contributed by atoms with Crippen LogP contribution in [-0.4, -0.2) is 58.3 Å². The molecule has 0 aliphatic carbocycles. The van der Waals surface area contributed by atoms with Gasteiger partial charge >= 0.3 is 0 Å². The smallest absolute Gasteiger partial charge is 0.268 e. The first-order valence-electron chi connectivity index (χ1n) is 10.1. The second-order valence-electron chi connectivity index (χ2n) is 7.26. The Morgan fingerprint density at radius 3 is 2.47 bits per heavy atom. The SMILES string of the molecule is COCCN(C)C(=O)c1ccc(-c2cnc(C)c(-c3nnc(-c4ccccc4)o3)n2)cc1.[HH]. The average molecular weight is 431 g/mol. The van der Waals surface area contributed by atoms with Crippen molar-refractivity contribution in [3.63, 3.8) is 0 Å². The third-order valence-corrected chi connectivity index (χ3v) is 5.01. The molecule has 0 spiro atoms. The summed E-state index contributed by atoms with van der Waals surface area (Å²) < 4.78 is 10.9. The van der Waals surface area contributed by atoms with Crippen LogP contribution in [0.5, 0.6) is 0 Å². The maximum absolute atomic E-state index is 12.5. The molecule has 0 fully saturated rings. The number of amides is 1. The molecule has 164 valence electrons. The number of likely N-dealkylation sites (N-methyl/N-ethyl adjacent to an activating group) is 1. The van der Waals surface area contributed by atoms with E-state index >= 15 is 0 Å². The minimum atomic E-state index is -0.0661. The Kier molecular flexibility index (Phi) is 6.32. The van der Waals surface area contributed by atoms with Crippen LogP contribution >= 0.6 is 0 Å². The van der Waals surface area contributed by atoms with Gasteiger partial charge in [-0.1, -0.05) is 30.3 Å². The van der Waals surface area contributed by atoms with Gasteiger partial charge in [-0.05, 0) is 31.2 Å². The highest BCUT2D eigenvalue weighted by Crippen LogP contribution is 2.26. The minimum Gasteiger partial charge on any atom is -0.415 e. The lowest BCUT2D eigenvalue weighted by molar-refractivity contribution is 0.0744. The van der Waals surface area contributed by atoms with Gasteiger partial charge in [0.05, 0.1) is 24.2 Å². The highest BCUT2D eigenvalue weighted by atomic mass is 16.5. The summed E-state index contributed by atoms with van der Waals surface area (Å²) in [6.45, 7) is 2.86. The fourth-order valence-electron chi connectivity index (χ4n) is 3.14. The van der Waals surface area contributed by atoms with Gasteiger partial charge in [-0.3, -0.25) is 9.78 Å². The van der Waals surface area contributed by atoms with E-state index in [1.165, 1.54) is 0 Å². The number of aromatic nitrogens is 4. The van der Waals surface area contributed by atoms with Crippen LogP contribution in [0.4, 0.5) is 0 Å². The number of rotatable bonds is 7. The summed E-state index contributed by atoms with van der Waals surface area (Å²) >= 11 is 0. The molecule has 0 N–H and O–H groups in total. The first kappa shape index (κ1) is 21.3. The number of nitrogens with zero attached hydrogens (tertiary/aromatic N) is 5. The Morgan fingerprint density at radius 2 is 1.75 bits per heavy atom. The molecule has 4 rings (SSSR count). The third-order valence-electron chi connectivity index (χ3n) is 5.01. The normalized spacial score (nSPS) is 10.8. The van der Waals surface area contributed by atoms with Crippen molar-refractivity contribution in [2.75, 3.05) is 27.3 Å². The Hall–Kier alpha value is -3.91. The highest BCUT2D eigenvalue weighted by molar-refractivity contribution is 5.94. The van der Waals surface area contributed by atoms with Crippen LogP contribution in [-0.2, 0) is 4.74 Å². The molecule has 0 aliphatic heterocycles. The Balaban J connectivity index is 0.00000306. The van der Waals surface area contributed by atoms with E-state index in [1.807, 2.05) is 49.4 Å². The molecule has 0 bridgehead atoms. The summed E-state index contributed by atoms with van der Waals surface area (Å²) in [5.74, 6) is 0.665. The fraction of sp³-hybridized carbons (Fsp3) is 0.208. The Morgan fingerprint density at radius 1 is 1.03 bits per heavy atom. The molecule has 2 heterocycles. The summed E-state index contributed by atoms with van der Waals surface area (Å²) in [5.41, 5.74) is 4.12. The van der Waals surface area contributed by atoms with Crippen molar-refractivity contribution < 1.29 is 15.4 Å². The molecule has 1 amide bonds. The molecule has 32 heavy (non-hydrogen) atoms. The standard InChI is InChI=1S/C24H23N5O3.H2/c1-16-21(23-28-27-22(32-23)18-7-5-4-6-8-18)26-20(15-25-16)17-9-11-19(12-10-17)24(30)29(2)13-14-31-3;/h4-12,15H,13-14H2,1-3H3;1H. The lowest BCUT2D eigenvalue weighted by Crippen LogP contribution is -2.29. The van der Waals surface area contributed by atoms with Crippen LogP contribution in [0.25, 0.3) is 34.3 Å². The molecule has 0 saturated heterocycles. The number of hydrogen-bond donors (Lipinski definition) is 0. The van der Waals surface area contributed by atoms with Crippen LogP contribution in [0.3, 0.4) is 0 Å². The Labute approximate surface area is 187 Å². The van der Waals surface area contributed by atoms with Crippen molar-refractivity contribution in [1.82, 2.24) is 25.1 Å². The number of hydrogen-bond acceptors (Lipinski definition) is 7. The molecule has 0 aliphatic rings. The van der Waals surface area contributed by atoms with E-state index in [1.54, 1.807) is 37.4 Å². The molecule has 0 saturated carbocycles. The number of methoxy groups -OCH3 is 1. The summed E-state index contributed by atoms with van der Waals surface area (Å²) in [6.07, 6.45) is 1.69. The van der Waals surface area contributed by atoms with Crippen molar-refractivity contribution >= 4 is 5.91 Å². The number of ether oxygens (including phenoxy) is 1. The quantitative estimate of drug-likeness (QED) is 0.434. The first-order chi connectivity index (χ1) is 15.6. The average Bonchev–Trinajstić information content (AvgIpc) is 3.33. The largest absolute Gasteiger partial charge is 0.415 e. The van der Waals surface area contributed by atoms with E-state index in [9.17, 15) is 4.79 Å². The van der Waals surface area contributed by atoms with Gasteiger partial charge in [-0.25, -0.2) is 4.98 Å². The van der Waals surface area contributed by atoms with Crippen LogP contribution in [0.1, 0.15) is 17.5 Å². The van der Waals surface area contributed by atoms with Gasteiger partial charge in [0.25, 0.3) is 11.8 Å². The van der Waals surface area contributed by atoms with Gasteiger partial charge in [-0.15, -0.1) is 10.2 Å². The van der Waals surface area contributed by atoms with E-state index in [2.05, 4.69) is 15.2 Å². The van der Waals surface area contributed by atoms with Crippen LogP contribution in [0, 0.1) is 6.92 Å². The highest BCUT2D eigenvalue weighted by Gasteiger charge is 2.17. The lowest BCUT2D eigenvalue weighted by atomic mass is 10.1. The summed E-state index contributed by atoms with van der Waals surface area (Å²) in [4.78, 5) is 23.3. The van der Waals surface area contributed by atoms with Gasteiger partial charge < -0.3 is 14.1 Å². The Bertz CT molecular complexity index is 1210. The fourth-order valence-corrected chi connectivity index (χ4v) is 3.14. The monoisotopic (exact) mass is 431 g/mol. The van der Waals surface area contributed by atoms with Crippen LogP contribution < -0.4 is 0 Å². The first-order valence-corrected chi connectivity index (χ1v) is 10.1. The van der Waals surface area contributed by atoms with Gasteiger partial charge in [0.1, 0.15) is 5.69 Å². The zero-order valence-corrected chi connectivity index (χ0v) is 18.1. The third kappa shape index (κ3) is 4.55. The lowest BCUT2D eigenvalue weighted by Gasteiger charge is -2.16. The molecule has 8 nitrogen and oxygen atoms in total. The van der Waals surface area contributed by atoms with E-state index < -0.39 is 0 Å². The van der Waals surface area contributed by atoms with Gasteiger partial charge in [0, 0.05) is 38.8 Å². The zero-order valence-electron chi connectivity index (χ0n) is 18.1. The van der Waals surface area contributed by atoms with Crippen LogP contribution in [0.2, 0.25) is 0 Å². The molecular weight excluding hydrogens is 406 g/mol. The molecule has 2 aromatic heterocycles. The molecule has 0 unspecified atom stereocenters. The summed E-state index contributed by atoms with van der Waals surface area (Å²) in [7, 11) is 3.36. The molecule has 4 aromatic rings. The topological polar surface area (TPSA) is 94.2 Å². The predicted molar refractivity (Wildman–Crippen MR) is 122 cm³/mol. The van der Waals surface area contributed by atoms with Crippen molar-refractivity contribution in [3.8, 4) is 34.3 Å². The van der Waals surface area contributed by atoms with Crippen LogP contribution in [0.15, 0.2) is 65.2 Å². The number of benzene rings is 2. The van der Waals surface area contributed by atoms with Gasteiger partial charge in [0.2, 0.25) is 5.89 Å².